The number of unbranched alkanes of at least 4 members (excludes halogenated alkanes) is 2. The Kier molecular flexibility index (Phi) is 6.51. The van der Waals surface area contributed by atoms with Gasteiger partial charge >= 0.3 is 0 Å². The molecule has 0 aliphatic rings. The zero-order valence-corrected chi connectivity index (χ0v) is 13.6. The highest BCUT2D eigenvalue weighted by molar-refractivity contribution is 5.34. The molecule has 20 heavy (non-hydrogen) atoms. The maximum Gasteiger partial charge on any atom is 0.165 e. The third kappa shape index (κ3) is 5.52. The summed E-state index contributed by atoms with van der Waals surface area (Å²) in [5.41, 5.74) is 1.12. The monoisotopic (exact) mass is 280 g/mol. The lowest BCUT2D eigenvalue weighted by atomic mass is 9.87. The molecule has 0 saturated heterocycles. The summed E-state index contributed by atoms with van der Waals surface area (Å²) in [6, 6.07) is 5.19. The van der Waals surface area contributed by atoms with E-state index in [0.717, 1.165) is 12.0 Å². The van der Waals surface area contributed by atoms with Crippen molar-refractivity contribution in [3.05, 3.63) is 29.6 Å². The molecule has 0 aliphatic carbocycles. The molecular formula is C18H29FO. The molecule has 0 radical (unpaired) electrons. The first-order valence-corrected chi connectivity index (χ1v) is 7.77. The Labute approximate surface area is 123 Å². The molecule has 1 aromatic carbocycles. The van der Waals surface area contributed by atoms with Crippen molar-refractivity contribution in [3.63, 3.8) is 0 Å². The van der Waals surface area contributed by atoms with Gasteiger partial charge in [0.2, 0.25) is 0 Å². The maximum atomic E-state index is 13.8. The number of halogens is 1. The van der Waals surface area contributed by atoms with Crippen molar-refractivity contribution in [1.29, 1.82) is 0 Å². The molecule has 0 fully saturated rings. The van der Waals surface area contributed by atoms with Crippen LogP contribution in [-0.2, 0) is 5.41 Å². The summed E-state index contributed by atoms with van der Waals surface area (Å²) in [5.74, 6) is 0.595. The molecule has 114 valence electrons. The first kappa shape index (κ1) is 17.0. The highest BCUT2D eigenvalue weighted by Crippen LogP contribution is 2.28. The molecule has 0 bridgehead atoms. The second-order valence-corrected chi connectivity index (χ2v) is 6.81. The van der Waals surface area contributed by atoms with E-state index in [-0.39, 0.29) is 11.2 Å². The van der Waals surface area contributed by atoms with Gasteiger partial charge in [-0.2, -0.15) is 0 Å². The number of ether oxygens (including phenoxy) is 1. The molecule has 1 nitrogen and oxygen atoms in total. The van der Waals surface area contributed by atoms with Crippen LogP contribution in [0.25, 0.3) is 0 Å². The molecule has 0 amide bonds. The maximum absolute atomic E-state index is 13.8. The van der Waals surface area contributed by atoms with Crippen LogP contribution in [0.3, 0.4) is 0 Å². The minimum absolute atomic E-state index is 0.0125. The highest BCUT2D eigenvalue weighted by atomic mass is 19.1. The summed E-state index contributed by atoms with van der Waals surface area (Å²) >= 11 is 0. The standard InChI is InChI=1S/C18H29FO/c1-6-7-8-9-14(2)13-20-17-12-15(18(3,4)5)10-11-16(17)19/h10-12,14H,6-9,13H2,1-5H3/t14-/m1/s1. The molecule has 1 aromatic rings. The molecule has 0 saturated carbocycles. The Bertz CT molecular complexity index is 406. The predicted octanol–water partition coefficient (Wildman–Crippen LogP) is 5.72. The average Bonchev–Trinajstić information content (AvgIpc) is 2.36. The molecule has 0 heterocycles. The van der Waals surface area contributed by atoms with E-state index in [1.807, 2.05) is 12.1 Å². The molecule has 0 N–H and O–H groups in total. The van der Waals surface area contributed by atoms with Crippen LogP contribution in [0.5, 0.6) is 5.75 Å². The van der Waals surface area contributed by atoms with Gasteiger partial charge < -0.3 is 4.74 Å². The molecule has 1 rings (SSSR count). The van der Waals surface area contributed by atoms with E-state index in [1.165, 1.54) is 25.3 Å². The summed E-state index contributed by atoms with van der Waals surface area (Å²) < 4.78 is 19.5. The Balaban J connectivity index is 2.59. The van der Waals surface area contributed by atoms with Crippen molar-refractivity contribution in [2.45, 2.75) is 65.7 Å². The summed E-state index contributed by atoms with van der Waals surface area (Å²) in [6.45, 7) is 11.3. The van der Waals surface area contributed by atoms with Crippen LogP contribution in [0.4, 0.5) is 4.39 Å². The molecule has 2 heteroatoms. The van der Waals surface area contributed by atoms with Crippen LogP contribution in [0.15, 0.2) is 18.2 Å². The van der Waals surface area contributed by atoms with Gasteiger partial charge in [0.25, 0.3) is 0 Å². The number of benzene rings is 1. The normalized spacial score (nSPS) is 13.3. The largest absolute Gasteiger partial charge is 0.490 e. The van der Waals surface area contributed by atoms with Crippen molar-refractivity contribution < 1.29 is 9.13 Å². The van der Waals surface area contributed by atoms with Gasteiger partial charge in [-0.1, -0.05) is 59.9 Å². The predicted molar refractivity (Wildman–Crippen MR) is 83.9 cm³/mol. The van der Waals surface area contributed by atoms with Gasteiger partial charge in [-0.15, -0.1) is 0 Å². The van der Waals surface area contributed by atoms with Crippen LogP contribution >= 0.6 is 0 Å². The van der Waals surface area contributed by atoms with Crippen molar-refractivity contribution in [1.82, 2.24) is 0 Å². The fraction of sp³-hybridized carbons (Fsp3) is 0.667. The van der Waals surface area contributed by atoms with Crippen LogP contribution in [0, 0.1) is 11.7 Å². The Morgan fingerprint density at radius 2 is 1.90 bits per heavy atom. The van der Waals surface area contributed by atoms with Gasteiger partial charge in [0.05, 0.1) is 6.61 Å². The van der Waals surface area contributed by atoms with E-state index in [1.54, 1.807) is 0 Å². The minimum Gasteiger partial charge on any atom is -0.490 e. The SMILES string of the molecule is CCCCC[C@@H](C)COc1cc(C(C)(C)C)ccc1F. The van der Waals surface area contributed by atoms with E-state index < -0.39 is 0 Å². The van der Waals surface area contributed by atoms with Gasteiger partial charge in [-0.25, -0.2) is 4.39 Å². The van der Waals surface area contributed by atoms with E-state index in [9.17, 15) is 4.39 Å². The molecule has 0 aromatic heterocycles. The van der Waals surface area contributed by atoms with E-state index >= 15 is 0 Å². The molecule has 0 spiro atoms. The van der Waals surface area contributed by atoms with Crippen molar-refractivity contribution in [2.75, 3.05) is 6.61 Å². The molecule has 0 aliphatic heterocycles. The summed E-state index contributed by atoms with van der Waals surface area (Å²) in [5, 5.41) is 0. The lowest BCUT2D eigenvalue weighted by Crippen LogP contribution is -2.13. The lowest BCUT2D eigenvalue weighted by molar-refractivity contribution is 0.239. The fourth-order valence-electron chi connectivity index (χ4n) is 2.14. The van der Waals surface area contributed by atoms with Gasteiger partial charge in [0.1, 0.15) is 0 Å². The third-order valence-corrected chi connectivity index (χ3v) is 3.62. The Morgan fingerprint density at radius 3 is 2.50 bits per heavy atom. The third-order valence-electron chi connectivity index (χ3n) is 3.62. The lowest BCUT2D eigenvalue weighted by Gasteiger charge is -2.21. The molecule has 1 atom stereocenters. The van der Waals surface area contributed by atoms with E-state index in [2.05, 4.69) is 34.6 Å². The minimum atomic E-state index is -0.265. The zero-order valence-electron chi connectivity index (χ0n) is 13.6. The second kappa shape index (κ2) is 7.66. The summed E-state index contributed by atoms with van der Waals surface area (Å²) in [7, 11) is 0. The van der Waals surface area contributed by atoms with Crippen molar-refractivity contribution in [2.24, 2.45) is 5.92 Å². The quantitative estimate of drug-likeness (QED) is 0.580. The van der Waals surface area contributed by atoms with Crippen LogP contribution in [-0.4, -0.2) is 6.61 Å². The highest BCUT2D eigenvalue weighted by Gasteiger charge is 2.16. The fourth-order valence-corrected chi connectivity index (χ4v) is 2.14. The number of rotatable bonds is 7. The first-order chi connectivity index (χ1) is 9.34. The number of hydrogen-bond donors (Lipinski definition) is 0. The van der Waals surface area contributed by atoms with Gasteiger partial charge in [-0.05, 0) is 35.4 Å². The molecular weight excluding hydrogens is 251 g/mol. The second-order valence-electron chi connectivity index (χ2n) is 6.81. The average molecular weight is 280 g/mol. The van der Waals surface area contributed by atoms with E-state index in [0.29, 0.717) is 18.3 Å². The van der Waals surface area contributed by atoms with E-state index in [4.69, 9.17) is 4.74 Å². The van der Waals surface area contributed by atoms with Crippen LogP contribution < -0.4 is 4.74 Å². The van der Waals surface area contributed by atoms with Gasteiger partial charge in [0, 0.05) is 0 Å². The molecule has 0 unspecified atom stereocenters. The smallest absolute Gasteiger partial charge is 0.165 e. The van der Waals surface area contributed by atoms with Crippen LogP contribution in [0.1, 0.15) is 65.9 Å². The zero-order chi connectivity index (χ0) is 15.2. The van der Waals surface area contributed by atoms with Crippen molar-refractivity contribution >= 4 is 0 Å². The summed E-state index contributed by atoms with van der Waals surface area (Å²) in [6.07, 6.45) is 4.87. The first-order valence-electron chi connectivity index (χ1n) is 7.77. The van der Waals surface area contributed by atoms with Gasteiger partial charge in [0.15, 0.2) is 11.6 Å². The Morgan fingerprint density at radius 1 is 1.20 bits per heavy atom. The number of hydrogen-bond acceptors (Lipinski definition) is 1. The summed E-state index contributed by atoms with van der Waals surface area (Å²) in [4.78, 5) is 0. The Hall–Kier alpha value is -1.05. The topological polar surface area (TPSA) is 9.23 Å². The van der Waals surface area contributed by atoms with Gasteiger partial charge in [-0.3, -0.25) is 0 Å². The van der Waals surface area contributed by atoms with Crippen LogP contribution in [0.2, 0.25) is 0 Å². The van der Waals surface area contributed by atoms with Crippen molar-refractivity contribution in [3.8, 4) is 5.75 Å².